The molecule has 7 heteroatoms. The highest BCUT2D eigenvalue weighted by atomic mass is 35.5. The molecule has 1 amide bonds. The smallest absolute Gasteiger partial charge is 0.235 e. The molecule has 0 radical (unpaired) electrons. The average Bonchev–Trinajstić information content (AvgIpc) is 3.02. The van der Waals surface area contributed by atoms with Gasteiger partial charge in [-0.05, 0) is 24.6 Å². The van der Waals surface area contributed by atoms with Crippen molar-refractivity contribution in [3.63, 3.8) is 0 Å². The largest absolute Gasteiger partial charge is 0.340 e. The molecule has 0 spiro atoms. The number of hydrogen-bond donors (Lipinski definition) is 0. The molecule has 0 aliphatic carbocycles. The summed E-state index contributed by atoms with van der Waals surface area (Å²) >= 11 is 7.66. The number of aromatic nitrogens is 3. The Balaban J connectivity index is 1.70. The lowest BCUT2D eigenvalue weighted by Crippen LogP contribution is -2.32. The molecular weight excluding hydrogens is 380 g/mol. The van der Waals surface area contributed by atoms with Crippen LogP contribution in [0.5, 0.6) is 0 Å². The average molecular weight is 401 g/mol. The molecule has 3 aromatic rings. The number of carbonyl (C=O) groups is 1. The Morgan fingerprint density at radius 1 is 1.15 bits per heavy atom. The van der Waals surface area contributed by atoms with Crippen molar-refractivity contribution in [1.82, 2.24) is 19.7 Å². The van der Waals surface area contributed by atoms with Crippen molar-refractivity contribution in [2.75, 3.05) is 7.05 Å². The lowest BCUT2D eigenvalue weighted by atomic mass is 10.2. The summed E-state index contributed by atoms with van der Waals surface area (Å²) in [6.07, 6.45) is 0. The molecule has 0 aliphatic rings. The standard InChI is InChI=1S/C20H21ClN4OS/c1-14(19(26)24(2)13-15-9-5-4-6-10-15)27-20-23-22-18(25(20)3)16-11-7-8-12-17(16)21/h4-12,14H,13H2,1-3H3/t14-/m0/s1. The van der Waals surface area contributed by atoms with Crippen molar-refractivity contribution in [2.45, 2.75) is 23.9 Å². The van der Waals surface area contributed by atoms with E-state index in [9.17, 15) is 4.79 Å². The maximum Gasteiger partial charge on any atom is 0.235 e. The lowest BCUT2D eigenvalue weighted by molar-refractivity contribution is -0.129. The number of thioether (sulfide) groups is 1. The maximum absolute atomic E-state index is 12.7. The number of amides is 1. The van der Waals surface area contributed by atoms with Gasteiger partial charge >= 0.3 is 0 Å². The van der Waals surface area contributed by atoms with Crippen molar-refractivity contribution in [1.29, 1.82) is 0 Å². The van der Waals surface area contributed by atoms with Gasteiger partial charge in [-0.15, -0.1) is 10.2 Å². The van der Waals surface area contributed by atoms with E-state index in [0.29, 0.717) is 22.5 Å². The summed E-state index contributed by atoms with van der Waals surface area (Å²) in [6, 6.07) is 17.5. The summed E-state index contributed by atoms with van der Waals surface area (Å²) < 4.78 is 1.87. The van der Waals surface area contributed by atoms with Crippen LogP contribution in [0.2, 0.25) is 5.02 Å². The molecule has 1 heterocycles. The zero-order valence-electron chi connectivity index (χ0n) is 15.5. The highest BCUT2D eigenvalue weighted by Crippen LogP contribution is 2.30. The van der Waals surface area contributed by atoms with E-state index in [-0.39, 0.29) is 11.2 Å². The number of benzene rings is 2. The number of rotatable bonds is 6. The van der Waals surface area contributed by atoms with Crippen LogP contribution >= 0.6 is 23.4 Å². The van der Waals surface area contributed by atoms with Crippen LogP contribution in [0.15, 0.2) is 59.8 Å². The molecule has 1 atom stereocenters. The topological polar surface area (TPSA) is 51.0 Å². The molecule has 140 valence electrons. The Hall–Kier alpha value is -2.31. The van der Waals surface area contributed by atoms with Crippen LogP contribution in [0.4, 0.5) is 0 Å². The van der Waals surface area contributed by atoms with Gasteiger partial charge in [0.05, 0.1) is 10.3 Å². The first-order chi connectivity index (χ1) is 13.0. The molecular formula is C20H21ClN4OS. The Labute approximate surface area is 168 Å². The van der Waals surface area contributed by atoms with E-state index in [1.807, 2.05) is 80.2 Å². The molecule has 0 N–H and O–H groups in total. The van der Waals surface area contributed by atoms with Crippen molar-refractivity contribution in [3.8, 4) is 11.4 Å². The van der Waals surface area contributed by atoms with Gasteiger partial charge in [0.1, 0.15) is 0 Å². The molecule has 0 saturated heterocycles. The fourth-order valence-electron chi connectivity index (χ4n) is 2.75. The Bertz CT molecular complexity index is 929. The number of carbonyl (C=O) groups excluding carboxylic acids is 1. The van der Waals surface area contributed by atoms with Gasteiger partial charge in [-0.25, -0.2) is 0 Å². The third-order valence-corrected chi connectivity index (χ3v) is 5.67. The quantitative estimate of drug-likeness (QED) is 0.579. The van der Waals surface area contributed by atoms with Crippen molar-refractivity contribution < 1.29 is 4.79 Å². The van der Waals surface area contributed by atoms with Crippen LogP contribution in [0.25, 0.3) is 11.4 Å². The van der Waals surface area contributed by atoms with Gasteiger partial charge in [0, 0.05) is 26.2 Å². The van der Waals surface area contributed by atoms with E-state index in [0.717, 1.165) is 11.1 Å². The summed E-state index contributed by atoms with van der Waals surface area (Å²) in [6.45, 7) is 2.46. The Morgan fingerprint density at radius 2 is 1.81 bits per heavy atom. The fourth-order valence-corrected chi connectivity index (χ4v) is 3.90. The summed E-state index contributed by atoms with van der Waals surface area (Å²) in [4.78, 5) is 14.5. The predicted molar refractivity (Wildman–Crippen MR) is 110 cm³/mol. The zero-order valence-corrected chi connectivity index (χ0v) is 17.0. The zero-order chi connectivity index (χ0) is 19.4. The molecule has 5 nitrogen and oxygen atoms in total. The van der Waals surface area contributed by atoms with Crippen molar-refractivity contribution in [3.05, 3.63) is 65.2 Å². The third-order valence-electron chi connectivity index (χ3n) is 4.22. The molecule has 0 saturated carbocycles. The van der Waals surface area contributed by atoms with E-state index in [2.05, 4.69) is 10.2 Å². The van der Waals surface area contributed by atoms with Crippen LogP contribution in [0.1, 0.15) is 12.5 Å². The number of halogens is 1. The first-order valence-corrected chi connectivity index (χ1v) is 9.83. The monoisotopic (exact) mass is 400 g/mol. The molecule has 0 aliphatic heterocycles. The molecule has 0 fully saturated rings. The highest BCUT2D eigenvalue weighted by Gasteiger charge is 2.22. The highest BCUT2D eigenvalue weighted by molar-refractivity contribution is 8.00. The SMILES string of the molecule is C[C@H](Sc1nnc(-c2ccccc2Cl)n1C)C(=O)N(C)Cc1ccccc1. The molecule has 27 heavy (non-hydrogen) atoms. The Kier molecular flexibility index (Phi) is 6.19. The molecule has 0 unspecified atom stereocenters. The summed E-state index contributed by atoms with van der Waals surface area (Å²) in [5.74, 6) is 0.728. The van der Waals surface area contributed by atoms with Crippen LogP contribution in [-0.4, -0.2) is 37.9 Å². The van der Waals surface area contributed by atoms with Gasteiger partial charge in [0.25, 0.3) is 0 Å². The first kappa shape index (κ1) is 19.5. The van der Waals surface area contributed by atoms with Gasteiger partial charge in [0.15, 0.2) is 11.0 Å². The minimum atomic E-state index is -0.277. The predicted octanol–water partition coefficient (Wildman–Crippen LogP) is 4.27. The van der Waals surface area contributed by atoms with Gasteiger partial charge in [0.2, 0.25) is 5.91 Å². The summed E-state index contributed by atoms with van der Waals surface area (Å²) in [5, 5.41) is 9.52. The molecule has 2 aromatic carbocycles. The third kappa shape index (κ3) is 4.51. The van der Waals surface area contributed by atoms with Crippen LogP contribution in [-0.2, 0) is 18.4 Å². The Morgan fingerprint density at radius 3 is 2.52 bits per heavy atom. The van der Waals surface area contributed by atoms with E-state index in [4.69, 9.17) is 11.6 Å². The van der Waals surface area contributed by atoms with Gasteiger partial charge in [-0.3, -0.25) is 4.79 Å². The normalized spacial score (nSPS) is 12.0. The van der Waals surface area contributed by atoms with Crippen molar-refractivity contribution >= 4 is 29.3 Å². The van der Waals surface area contributed by atoms with Crippen LogP contribution < -0.4 is 0 Å². The van der Waals surface area contributed by atoms with E-state index < -0.39 is 0 Å². The summed E-state index contributed by atoms with van der Waals surface area (Å²) in [5.41, 5.74) is 1.92. The molecule has 0 bridgehead atoms. The second-order valence-electron chi connectivity index (χ2n) is 6.29. The number of nitrogens with zero attached hydrogens (tertiary/aromatic N) is 4. The van der Waals surface area contributed by atoms with E-state index >= 15 is 0 Å². The molecule has 1 aromatic heterocycles. The fraction of sp³-hybridized carbons (Fsp3) is 0.250. The van der Waals surface area contributed by atoms with Gasteiger partial charge in [-0.2, -0.15) is 0 Å². The minimum Gasteiger partial charge on any atom is -0.340 e. The second kappa shape index (κ2) is 8.59. The van der Waals surface area contributed by atoms with Gasteiger partial charge < -0.3 is 9.47 Å². The molecule has 3 rings (SSSR count). The van der Waals surface area contributed by atoms with Crippen LogP contribution in [0.3, 0.4) is 0 Å². The van der Waals surface area contributed by atoms with Crippen molar-refractivity contribution in [2.24, 2.45) is 7.05 Å². The van der Waals surface area contributed by atoms with Gasteiger partial charge in [-0.1, -0.05) is 65.8 Å². The number of hydrogen-bond acceptors (Lipinski definition) is 4. The van der Waals surface area contributed by atoms with E-state index in [1.165, 1.54) is 11.8 Å². The minimum absolute atomic E-state index is 0.0474. The van der Waals surface area contributed by atoms with E-state index in [1.54, 1.807) is 4.90 Å². The maximum atomic E-state index is 12.7. The second-order valence-corrected chi connectivity index (χ2v) is 8.00. The van der Waals surface area contributed by atoms with Crippen LogP contribution in [0, 0.1) is 0 Å². The summed E-state index contributed by atoms with van der Waals surface area (Å²) in [7, 11) is 3.70. The lowest BCUT2D eigenvalue weighted by Gasteiger charge is -2.21. The first-order valence-electron chi connectivity index (χ1n) is 8.57.